The van der Waals surface area contributed by atoms with Gasteiger partial charge in [-0.15, -0.1) is 12.4 Å². The molecule has 7 heteroatoms. The molecule has 3 N–H and O–H groups in total. The highest BCUT2D eigenvalue weighted by Gasteiger charge is 2.38. The Bertz CT molecular complexity index is 225. The summed E-state index contributed by atoms with van der Waals surface area (Å²) >= 11 is 0. The van der Waals surface area contributed by atoms with E-state index < -0.39 is 18.1 Å². The first-order valence-corrected chi connectivity index (χ1v) is 4.35. The number of ether oxygens (including phenoxy) is 1. The number of esters is 1. The van der Waals surface area contributed by atoms with E-state index in [1.54, 1.807) is 0 Å². The van der Waals surface area contributed by atoms with Crippen LogP contribution in [0.25, 0.3) is 0 Å². The standard InChI is InChI=1S/C8H14N2O4.ClH/c1-14-8(13)6-2-5(11)4-10(6)7(12)3-9;/h5-6,11H,2-4,9H2,1H3;1H/t5-,6+;/m1./s1. The van der Waals surface area contributed by atoms with Gasteiger partial charge in [0.1, 0.15) is 6.04 Å². The molecule has 1 aliphatic heterocycles. The monoisotopic (exact) mass is 238 g/mol. The van der Waals surface area contributed by atoms with Crippen molar-refractivity contribution in [2.75, 3.05) is 20.2 Å². The number of nitrogens with two attached hydrogens (primary N) is 1. The first-order chi connectivity index (χ1) is 6.60. The smallest absolute Gasteiger partial charge is 0.328 e. The zero-order valence-corrected chi connectivity index (χ0v) is 9.20. The first kappa shape index (κ1) is 14.2. The molecule has 2 atom stereocenters. The number of amides is 1. The maximum absolute atomic E-state index is 11.3. The largest absolute Gasteiger partial charge is 0.467 e. The fourth-order valence-electron chi connectivity index (χ4n) is 1.57. The molecule has 0 bridgehead atoms. The molecule has 6 nitrogen and oxygen atoms in total. The summed E-state index contributed by atoms with van der Waals surface area (Å²) in [5, 5.41) is 9.32. The van der Waals surface area contributed by atoms with E-state index in [-0.39, 0.29) is 37.8 Å². The lowest BCUT2D eigenvalue weighted by Crippen LogP contribution is -2.44. The molecule has 0 spiro atoms. The zero-order valence-electron chi connectivity index (χ0n) is 8.38. The van der Waals surface area contributed by atoms with E-state index in [1.165, 1.54) is 12.0 Å². The van der Waals surface area contributed by atoms with Crippen molar-refractivity contribution >= 4 is 24.3 Å². The molecule has 1 saturated heterocycles. The van der Waals surface area contributed by atoms with Gasteiger partial charge in [0, 0.05) is 13.0 Å². The van der Waals surface area contributed by atoms with Crippen molar-refractivity contribution in [2.24, 2.45) is 5.73 Å². The van der Waals surface area contributed by atoms with Crippen molar-refractivity contribution in [3.8, 4) is 0 Å². The average molecular weight is 239 g/mol. The van der Waals surface area contributed by atoms with E-state index in [2.05, 4.69) is 4.74 Å². The van der Waals surface area contributed by atoms with Gasteiger partial charge in [-0.1, -0.05) is 0 Å². The van der Waals surface area contributed by atoms with Crippen molar-refractivity contribution in [2.45, 2.75) is 18.6 Å². The molecule has 0 aromatic carbocycles. The SMILES string of the molecule is COC(=O)[C@@H]1C[C@@H](O)CN1C(=O)CN.Cl. The summed E-state index contributed by atoms with van der Waals surface area (Å²) in [7, 11) is 1.25. The Labute approximate surface area is 93.8 Å². The van der Waals surface area contributed by atoms with Crippen LogP contribution in [-0.2, 0) is 14.3 Å². The number of halogens is 1. The second-order valence-corrected chi connectivity index (χ2v) is 3.18. The molecule has 0 aliphatic carbocycles. The molecule has 0 aromatic heterocycles. The number of β-amino-alcohol motifs (C(OH)–C–C–N with tert-alkyl or cyclic N) is 1. The Balaban J connectivity index is 0.00000196. The molecule has 0 aromatic rings. The maximum Gasteiger partial charge on any atom is 0.328 e. The van der Waals surface area contributed by atoms with Crippen molar-refractivity contribution in [1.82, 2.24) is 4.90 Å². The predicted molar refractivity (Wildman–Crippen MR) is 54.4 cm³/mol. The van der Waals surface area contributed by atoms with Crippen LogP contribution in [0.5, 0.6) is 0 Å². The van der Waals surface area contributed by atoms with Gasteiger partial charge in [-0.25, -0.2) is 4.79 Å². The van der Waals surface area contributed by atoms with Crippen LogP contribution in [0, 0.1) is 0 Å². The molecule has 0 unspecified atom stereocenters. The fraction of sp³-hybridized carbons (Fsp3) is 0.750. The number of hydrogen-bond acceptors (Lipinski definition) is 5. The Kier molecular flexibility index (Phi) is 5.56. The molecular weight excluding hydrogens is 224 g/mol. The number of hydrogen-bond donors (Lipinski definition) is 2. The van der Waals surface area contributed by atoms with Crippen LogP contribution in [0.3, 0.4) is 0 Å². The molecule has 15 heavy (non-hydrogen) atoms. The van der Waals surface area contributed by atoms with E-state index in [0.717, 1.165) is 0 Å². The lowest BCUT2D eigenvalue weighted by Gasteiger charge is -2.21. The third-order valence-electron chi connectivity index (χ3n) is 2.25. The summed E-state index contributed by atoms with van der Waals surface area (Å²) in [6, 6.07) is -0.689. The number of aliphatic hydroxyl groups excluding tert-OH is 1. The average Bonchev–Trinajstić information content (AvgIpc) is 2.58. The summed E-state index contributed by atoms with van der Waals surface area (Å²) in [4.78, 5) is 23.8. The highest BCUT2D eigenvalue weighted by atomic mass is 35.5. The topological polar surface area (TPSA) is 92.9 Å². The molecule has 1 heterocycles. The molecular formula is C8H15ClN2O4. The summed E-state index contributed by atoms with van der Waals surface area (Å²) in [6.45, 7) is -0.0178. The minimum atomic E-state index is -0.689. The number of nitrogens with zero attached hydrogens (tertiary/aromatic N) is 1. The number of carbonyl (C=O) groups excluding carboxylic acids is 2. The quantitative estimate of drug-likeness (QED) is 0.572. The van der Waals surface area contributed by atoms with E-state index in [9.17, 15) is 14.7 Å². The van der Waals surface area contributed by atoms with Crippen LogP contribution in [0.2, 0.25) is 0 Å². The summed E-state index contributed by atoms with van der Waals surface area (Å²) in [5.74, 6) is -0.861. The summed E-state index contributed by atoms with van der Waals surface area (Å²) in [5.41, 5.74) is 5.18. The van der Waals surface area contributed by atoms with Crippen LogP contribution in [0.1, 0.15) is 6.42 Å². The van der Waals surface area contributed by atoms with Gasteiger partial charge >= 0.3 is 5.97 Å². The van der Waals surface area contributed by atoms with Crippen LogP contribution in [0.4, 0.5) is 0 Å². The van der Waals surface area contributed by atoms with E-state index in [4.69, 9.17) is 5.73 Å². The lowest BCUT2D eigenvalue weighted by atomic mass is 10.2. The van der Waals surface area contributed by atoms with Crippen molar-refractivity contribution in [3.63, 3.8) is 0 Å². The number of aliphatic hydroxyl groups is 1. The molecule has 1 amide bonds. The van der Waals surface area contributed by atoms with Gasteiger partial charge in [-0.2, -0.15) is 0 Å². The van der Waals surface area contributed by atoms with Crippen molar-refractivity contribution in [3.05, 3.63) is 0 Å². The van der Waals surface area contributed by atoms with E-state index >= 15 is 0 Å². The van der Waals surface area contributed by atoms with Crippen LogP contribution >= 0.6 is 12.4 Å². The minimum absolute atomic E-state index is 0. The van der Waals surface area contributed by atoms with Gasteiger partial charge < -0.3 is 20.5 Å². The minimum Gasteiger partial charge on any atom is -0.467 e. The van der Waals surface area contributed by atoms with Gasteiger partial charge in [0.25, 0.3) is 0 Å². The van der Waals surface area contributed by atoms with Crippen LogP contribution < -0.4 is 5.73 Å². The Morgan fingerprint density at radius 1 is 1.60 bits per heavy atom. The third-order valence-corrected chi connectivity index (χ3v) is 2.25. The second kappa shape index (κ2) is 5.89. The number of likely N-dealkylation sites (tertiary alicyclic amines) is 1. The summed E-state index contributed by atoms with van der Waals surface area (Å²) in [6.07, 6.45) is -0.451. The normalized spacial score (nSPS) is 24.6. The fourth-order valence-corrected chi connectivity index (χ4v) is 1.57. The highest BCUT2D eigenvalue weighted by molar-refractivity contribution is 5.86. The van der Waals surface area contributed by atoms with Crippen LogP contribution in [0.15, 0.2) is 0 Å². The van der Waals surface area contributed by atoms with E-state index in [0.29, 0.717) is 0 Å². The number of methoxy groups -OCH3 is 1. The maximum atomic E-state index is 11.3. The van der Waals surface area contributed by atoms with Crippen molar-refractivity contribution in [1.29, 1.82) is 0 Å². The Hall–Kier alpha value is -0.850. The van der Waals surface area contributed by atoms with Crippen LogP contribution in [-0.4, -0.2) is 54.2 Å². The molecule has 1 rings (SSSR count). The molecule has 1 aliphatic rings. The highest BCUT2D eigenvalue weighted by Crippen LogP contribution is 2.18. The van der Waals surface area contributed by atoms with Crippen molar-refractivity contribution < 1.29 is 19.4 Å². The van der Waals surface area contributed by atoms with Gasteiger partial charge in [0.15, 0.2) is 0 Å². The number of carbonyl (C=O) groups is 2. The van der Waals surface area contributed by atoms with Gasteiger partial charge in [0.2, 0.25) is 5.91 Å². The second-order valence-electron chi connectivity index (χ2n) is 3.18. The molecule has 1 fully saturated rings. The van der Waals surface area contributed by atoms with Gasteiger partial charge in [0.05, 0.1) is 19.8 Å². The first-order valence-electron chi connectivity index (χ1n) is 4.35. The van der Waals surface area contributed by atoms with Gasteiger partial charge in [-0.3, -0.25) is 4.79 Å². The number of rotatable bonds is 2. The molecule has 88 valence electrons. The Morgan fingerprint density at radius 2 is 2.20 bits per heavy atom. The summed E-state index contributed by atoms with van der Waals surface area (Å²) < 4.78 is 4.52. The Morgan fingerprint density at radius 3 is 2.67 bits per heavy atom. The predicted octanol–water partition coefficient (Wildman–Crippen LogP) is -1.50. The lowest BCUT2D eigenvalue weighted by molar-refractivity contribution is -0.150. The third kappa shape index (κ3) is 3.05. The zero-order chi connectivity index (χ0) is 10.7. The van der Waals surface area contributed by atoms with Gasteiger partial charge in [-0.05, 0) is 0 Å². The van der Waals surface area contributed by atoms with E-state index in [1.807, 2.05) is 0 Å². The molecule has 0 saturated carbocycles. The molecule has 0 radical (unpaired) electrons.